The number of nitrogens with zero attached hydrogens (tertiary/aromatic N) is 2. The zero-order chi connectivity index (χ0) is 18.4. The standard InChI is InChI=1S/C19H28N2O5/c1-2-21(13-19(22)23)15-6-9-20(10-7-15)8-3-11-24-16-4-5-17-18(12-16)26-14-25-17/h4-5,12,15H,2-3,6-11,13-14H2,1H3,(H,22,23). The highest BCUT2D eigenvalue weighted by atomic mass is 16.7. The summed E-state index contributed by atoms with van der Waals surface area (Å²) in [4.78, 5) is 15.5. The molecule has 1 aromatic carbocycles. The maximum absolute atomic E-state index is 10.9. The molecule has 0 radical (unpaired) electrons. The van der Waals surface area contributed by atoms with Gasteiger partial charge in [0.25, 0.3) is 0 Å². The SMILES string of the molecule is CCN(CC(=O)O)C1CCN(CCCOc2ccc3c(c2)OCO3)CC1. The van der Waals surface area contributed by atoms with Crippen LogP contribution in [0.25, 0.3) is 0 Å². The predicted molar refractivity (Wildman–Crippen MR) is 97.0 cm³/mol. The number of aliphatic carboxylic acids is 1. The zero-order valence-corrected chi connectivity index (χ0v) is 15.4. The van der Waals surface area contributed by atoms with Gasteiger partial charge in [-0.1, -0.05) is 6.92 Å². The second-order valence-corrected chi connectivity index (χ2v) is 6.75. The summed E-state index contributed by atoms with van der Waals surface area (Å²) in [5.41, 5.74) is 0. The summed E-state index contributed by atoms with van der Waals surface area (Å²) >= 11 is 0. The van der Waals surface area contributed by atoms with Crippen LogP contribution in [-0.2, 0) is 4.79 Å². The number of benzene rings is 1. The van der Waals surface area contributed by atoms with Gasteiger partial charge in [0, 0.05) is 18.7 Å². The number of carbonyl (C=O) groups is 1. The van der Waals surface area contributed by atoms with Crippen LogP contribution in [0.1, 0.15) is 26.2 Å². The summed E-state index contributed by atoms with van der Waals surface area (Å²) in [6, 6.07) is 6.03. The van der Waals surface area contributed by atoms with Crippen LogP contribution in [0.15, 0.2) is 18.2 Å². The fourth-order valence-corrected chi connectivity index (χ4v) is 3.63. The van der Waals surface area contributed by atoms with Crippen molar-refractivity contribution in [1.29, 1.82) is 0 Å². The molecule has 1 fully saturated rings. The van der Waals surface area contributed by atoms with E-state index in [9.17, 15) is 4.79 Å². The largest absolute Gasteiger partial charge is 0.493 e. The molecule has 3 rings (SSSR count). The maximum Gasteiger partial charge on any atom is 0.317 e. The number of ether oxygens (including phenoxy) is 3. The maximum atomic E-state index is 10.9. The van der Waals surface area contributed by atoms with Crippen LogP contribution in [0.3, 0.4) is 0 Å². The van der Waals surface area contributed by atoms with E-state index < -0.39 is 5.97 Å². The van der Waals surface area contributed by atoms with E-state index in [0.29, 0.717) is 12.6 Å². The Morgan fingerprint density at radius 1 is 1.31 bits per heavy atom. The molecule has 0 unspecified atom stereocenters. The van der Waals surface area contributed by atoms with E-state index in [0.717, 1.165) is 62.7 Å². The number of carboxylic acids is 1. The molecule has 0 saturated carbocycles. The van der Waals surface area contributed by atoms with Gasteiger partial charge in [-0.3, -0.25) is 9.69 Å². The van der Waals surface area contributed by atoms with Gasteiger partial charge in [0.05, 0.1) is 13.2 Å². The highest BCUT2D eigenvalue weighted by Gasteiger charge is 2.24. The van der Waals surface area contributed by atoms with Crippen molar-refractivity contribution in [2.45, 2.75) is 32.2 Å². The Morgan fingerprint density at radius 3 is 2.81 bits per heavy atom. The third-order valence-corrected chi connectivity index (χ3v) is 5.05. The lowest BCUT2D eigenvalue weighted by atomic mass is 10.0. The summed E-state index contributed by atoms with van der Waals surface area (Å²) in [6.45, 7) is 6.95. The van der Waals surface area contributed by atoms with Crippen LogP contribution in [0.5, 0.6) is 17.2 Å². The summed E-state index contributed by atoms with van der Waals surface area (Å²) < 4.78 is 16.5. The highest BCUT2D eigenvalue weighted by molar-refractivity contribution is 5.69. The highest BCUT2D eigenvalue weighted by Crippen LogP contribution is 2.35. The summed E-state index contributed by atoms with van der Waals surface area (Å²) in [7, 11) is 0. The van der Waals surface area contributed by atoms with Gasteiger partial charge in [-0.2, -0.15) is 0 Å². The number of likely N-dealkylation sites (tertiary alicyclic amines) is 1. The molecule has 0 aliphatic carbocycles. The molecule has 1 N–H and O–H groups in total. The smallest absolute Gasteiger partial charge is 0.317 e. The van der Waals surface area contributed by atoms with Crippen LogP contribution in [0, 0.1) is 0 Å². The van der Waals surface area contributed by atoms with Crippen LogP contribution >= 0.6 is 0 Å². The van der Waals surface area contributed by atoms with Gasteiger partial charge >= 0.3 is 5.97 Å². The van der Waals surface area contributed by atoms with E-state index in [-0.39, 0.29) is 13.3 Å². The van der Waals surface area contributed by atoms with E-state index in [1.54, 1.807) is 0 Å². The quantitative estimate of drug-likeness (QED) is 0.673. The van der Waals surface area contributed by atoms with E-state index >= 15 is 0 Å². The Balaban J connectivity index is 1.33. The Hall–Kier alpha value is -1.99. The minimum atomic E-state index is -0.741. The molecule has 1 aromatic rings. The molecule has 7 nitrogen and oxygen atoms in total. The number of likely N-dealkylation sites (N-methyl/N-ethyl adjacent to an activating group) is 1. The fraction of sp³-hybridized carbons (Fsp3) is 0.632. The third-order valence-electron chi connectivity index (χ3n) is 5.05. The van der Waals surface area contributed by atoms with Gasteiger partial charge in [0.15, 0.2) is 11.5 Å². The number of piperidine rings is 1. The van der Waals surface area contributed by atoms with Crippen molar-refractivity contribution in [3.05, 3.63) is 18.2 Å². The molecule has 0 spiro atoms. The van der Waals surface area contributed by atoms with Crippen LogP contribution in [0.2, 0.25) is 0 Å². The monoisotopic (exact) mass is 364 g/mol. The van der Waals surface area contributed by atoms with E-state index in [2.05, 4.69) is 9.80 Å². The first-order chi connectivity index (χ1) is 12.7. The van der Waals surface area contributed by atoms with Crippen molar-refractivity contribution in [2.24, 2.45) is 0 Å². The Bertz CT molecular complexity index is 602. The van der Waals surface area contributed by atoms with E-state index in [1.165, 1.54) is 0 Å². The molecule has 144 valence electrons. The van der Waals surface area contributed by atoms with E-state index in [4.69, 9.17) is 19.3 Å². The third kappa shape index (κ3) is 5.02. The van der Waals surface area contributed by atoms with Crippen molar-refractivity contribution in [1.82, 2.24) is 9.80 Å². The molecular weight excluding hydrogens is 336 g/mol. The number of fused-ring (bicyclic) bond motifs is 1. The van der Waals surface area contributed by atoms with E-state index in [1.807, 2.05) is 25.1 Å². The average molecular weight is 364 g/mol. The first-order valence-corrected chi connectivity index (χ1v) is 9.36. The second kappa shape index (κ2) is 9.09. The molecule has 0 amide bonds. The van der Waals surface area contributed by atoms with Crippen molar-refractivity contribution in [3.8, 4) is 17.2 Å². The summed E-state index contributed by atoms with van der Waals surface area (Å²) in [5, 5.41) is 9.01. The van der Waals surface area contributed by atoms with Gasteiger partial charge in [-0.05, 0) is 51.0 Å². The van der Waals surface area contributed by atoms with Gasteiger partial charge < -0.3 is 24.2 Å². The molecule has 26 heavy (non-hydrogen) atoms. The minimum Gasteiger partial charge on any atom is -0.493 e. The number of rotatable bonds is 9. The normalized spacial score (nSPS) is 17.6. The molecule has 2 aliphatic heterocycles. The number of hydrogen-bond acceptors (Lipinski definition) is 6. The molecular formula is C19H28N2O5. The Kier molecular flexibility index (Phi) is 6.57. The van der Waals surface area contributed by atoms with Crippen LogP contribution in [0.4, 0.5) is 0 Å². The molecule has 2 heterocycles. The lowest BCUT2D eigenvalue weighted by Gasteiger charge is -2.37. The number of carboxylic acid groups (broad SMARTS) is 1. The van der Waals surface area contributed by atoms with Crippen molar-refractivity contribution in [2.75, 3.05) is 46.1 Å². The topological polar surface area (TPSA) is 71.5 Å². The molecule has 0 bridgehead atoms. The van der Waals surface area contributed by atoms with Crippen molar-refractivity contribution in [3.63, 3.8) is 0 Å². The lowest BCUT2D eigenvalue weighted by Crippen LogP contribution is -2.46. The lowest BCUT2D eigenvalue weighted by molar-refractivity contribution is -0.139. The Morgan fingerprint density at radius 2 is 2.08 bits per heavy atom. The van der Waals surface area contributed by atoms with Crippen molar-refractivity contribution < 1.29 is 24.1 Å². The van der Waals surface area contributed by atoms with Gasteiger partial charge in [-0.25, -0.2) is 0 Å². The fourth-order valence-electron chi connectivity index (χ4n) is 3.63. The summed E-state index contributed by atoms with van der Waals surface area (Å²) in [6.07, 6.45) is 3.03. The predicted octanol–water partition coefficient (Wildman–Crippen LogP) is 2.06. The molecule has 2 aliphatic rings. The molecule has 1 saturated heterocycles. The molecule has 7 heteroatoms. The molecule has 0 aromatic heterocycles. The molecule has 0 atom stereocenters. The van der Waals surface area contributed by atoms with Gasteiger partial charge in [0.2, 0.25) is 6.79 Å². The van der Waals surface area contributed by atoms with Crippen LogP contribution < -0.4 is 14.2 Å². The van der Waals surface area contributed by atoms with Crippen molar-refractivity contribution >= 4 is 5.97 Å². The Labute approximate surface area is 154 Å². The first kappa shape index (κ1) is 18.8. The second-order valence-electron chi connectivity index (χ2n) is 6.75. The zero-order valence-electron chi connectivity index (χ0n) is 15.4. The summed E-state index contributed by atoms with van der Waals surface area (Å²) in [5.74, 6) is 1.57. The number of hydrogen-bond donors (Lipinski definition) is 1. The first-order valence-electron chi connectivity index (χ1n) is 9.36. The average Bonchev–Trinajstić information content (AvgIpc) is 3.11. The van der Waals surface area contributed by atoms with Crippen LogP contribution in [-0.4, -0.2) is 73.0 Å². The minimum absolute atomic E-state index is 0.143. The van der Waals surface area contributed by atoms with Gasteiger partial charge in [0.1, 0.15) is 5.75 Å². The van der Waals surface area contributed by atoms with Gasteiger partial charge in [-0.15, -0.1) is 0 Å².